The number of hydrogen-bond donors (Lipinski definition) is 1. The molecule has 0 unspecified atom stereocenters. The lowest BCUT2D eigenvalue weighted by Crippen LogP contribution is -2.18. The molecule has 0 spiro atoms. The molecule has 0 atom stereocenters. The van der Waals surface area contributed by atoms with Crippen molar-refractivity contribution in [3.05, 3.63) is 34.9 Å². The normalized spacial score (nSPS) is 12.3. The highest BCUT2D eigenvalue weighted by molar-refractivity contribution is 5.46. The van der Waals surface area contributed by atoms with Gasteiger partial charge in [0.15, 0.2) is 0 Å². The van der Waals surface area contributed by atoms with E-state index in [-0.39, 0.29) is 18.5 Å². The number of carbonyl (C=O) groups excluding carboxylic acids is 1. The first-order chi connectivity index (χ1) is 8.16. The van der Waals surface area contributed by atoms with E-state index in [9.17, 15) is 31.1 Å². The maximum Gasteiger partial charge on any atom is 0.417 e. The van der Waals surface area contributed by atoms with Crippen molar-refractivity contribution in [2.24, 2.45) is 0 Å². The lowest BCUT2D eigenvalue weighted by molar-refractivity contribution is -0.162. The number of alkyl halides is 6. The van der Waals surface area contributed by atoms with Gasteiger partial charge in [-0.25, -0.2) is 0 Å². The van der Waals surface area contributed by atoms with Gasteiger partial charge < -0.3 is 5.32 Å². The summed E-state index contributed by atoms with van der Waals surface area (Å²) in [6, 6.07) is 1.61. The van der Waals surface area contributed by atoms with E-state index in [4.69, 9.17) is 0 Å². The van der Waals surface area contributed by atoms with Gasteiger partial charge in [0.2, 0.25) is 6.41 Å². The first-order valence-electron chi connectivity index (χ1n) is 4.60. The summed E-state index contributed by atoms with van der Waals surface area (Å²) in [5.74, 6) is 0. The number of hydrogen-bond acceptors (Lipinski definition) is 1. The Hall–Kier alpha value is -1.73. The highest BCUT2D eigenvalue weighted by atomic mass is 19.4. The van der Waals surface area contributed by atoms with Crippen LogP contribution in [0.3, 0.4) is 0 Å². The zero-order chi connectivity index (χ0) is 14.0. The van der Waals surface area contributed by atoms with Gasteiger partial charge in [-0.2, -0.15) is 26.3 Å². The van der Waals surface area contributed by atoms with Crippen molar-refractivity contribution in [1.29, 1.82) is 0 Å². The Balaban J connectivity index is 3.26. The standard InChI is InChI=1S/C10H7F6NO/c11-9(12,13)7-2-1-6(4-17-5-18)3-8(7)10(14,15)16/h1-3,5H,4H2,(H,17,18). The fraction of sp³-hybridized carbons (Fsp3) is 0.300. The Bertz CT molecular complexity index is 437. The van der Waals surface area contributed by atoms with Gasteiger partial charge >= 0.3 is 12.4 Å². The second-order valence-electron chi connectivity index (χ2n) is 3.37. The van der Waals surface area contributed by atoms with Crippen molar-refractivity contribution in [2.45, 2.75) is 18.9 Å². The van der Waals surface area contributed by atoms with E-state index < -0.39 is 23.5 Å². The van der Waals surface area contributed by atoms with Gasteiger partial charge in [-0.3, -0.25) is 4.79 Å². The molecule has 100 valence electrons. The number of carbonyl (C=O) groups is 1. The molecule has 8 heteroatoms. The number of rotatable bonds is 3. The molecule has 1 rings (SSSR count). The number of halogens is 6. The van der Waals surface area contributed by atoms with Crippen molar-refractivity contribution < 1.29 is 31.1 Å². The summed E-state index contributed by atoms with van der Waals surface area (Å²) in [5, 5.41) is 2.07. The SMILES string of the molecule is O=CNCc1ccc(C(F)(F)F)c(C(F)(F)F)c1. The molecular weight excluding hydrogens is 264 g/mol. The van der Waals surface area contributed by atoms with Gasteiger partial charge in [0.25, 0.3) is 0 Å². The summed E-state index contributed by atoms with van der Waals surface area (Å²) in [4.78, 5) is 9.97. The molecule has 1 aromatic rings. The molecule has 18 heavy (non-hydrogen) atoms. The second kappa shape index (κ2) is 4.87. The summed E-state index contributed by atoms with van der Waals surface area (Å²) in [5.41, 5.74) is -3.58. The predicted octanol–water partition coefficient (Wildman–Crippen LogP) is 2.97. The topological polar surface area (TPSA) is 29.1 Å². The third-order valence-electron chi connectivity index (χ3n) is 2.08. The average molecular weight is 271 g/mol. The van der Waals surface area contributed by atoms with Crippen molar-refractivity contribution in [3.63, 3.8) is 0 Å². The van der Waals surface area contributed by atoms with Crippen molar-refractivity contribution in [1.82, 2.24) is 5.32 Å². The van der Waals surface area contributed by atoms with Crippen LogP contribution in [0.1, 0.15) is 16.7 Å². The summed E-state index contributed by atoms with van der Waals surface area (Å²) in [6.45, 7) is -0.273. The maximum atomic E-state index is 12.5. The van der Waals surface area contributed by atoms with Gasteiger partial charge in [-0.05, 0) is 17.7 Å². The van der Waals surface area contributed by atoms with E-state index in [1.165, 1.54) is 0 Å². The fourth-order valence-electron chi connectivity index (χ4n) is 1.34. The Kier molecular flexibility index (Phi) is 3.88. The van der Waals surface area contributed by atoms with Gasteiger partial charge in [0.1, 0.15) is 0 Å². The summed E-state index contributed by atoms with van der Waals surface area (Å²) in [6.07, 6.45) is -9.95. The number of amides is 1. The summed E-state index contributed by atoms with van der Waals surface area (Å²) in [7, 11) is 0. The molecule has 1 amide bonds. The number of nitrogens with one attached hydrogen (secondary N) is 1. The molecule has 1 N–H and O–H groups in total. The van der Waals surface area contributed by atoms with Crippen LogP contribution in [0.4, 0.5) is 26.3 Å². The van der Waals surface area contributed by atoms with Gasteiger partial charge in [-0.15, -0.1) is 0 Å². The van der Waals surface area contributed by atoms with Crippen molar-refractivity contribution in [3.8, 4) is 0 Å². The lowest BCUT2D eigenvalue weighted by Gasteiger charge is -2.16. The van der Waals surface area contributed by atoms with Gasteiger partial charge in [-0.1, -0.05) is 6.07 Å². The summed E-state index contributed by atoms with van der Waals surface area (Å²) < 4.78 is 74.6. The van der Waals surface area contributed by atoms with Crippen molar-refractivity contribution >= 4 is 6.41 Å². The van der Waals surface area contributed by atoms with E-state index in [2.05, 4.69) is 5.32 Å². The minimum atomic E-state index is -5.11. The fourth-order valence-corrected chi connectivity index (χ4v) is 1.34. The maximum absolute atomic E-state index is 12.5. The van der Waals surface area contributed by atoms with Crippen LogP contribution in [0.5, 0.6) is 0 Å². The van der Waals surface area contributed by atoms with Crippen LogP contribution >= 0.6 is 0 Å². The summed E-state index contributed by atoms with van der Waals surface area (Å²) >= 11 is 0. The molecule has 0 radical (unpaired) electrons. The van der Waals surface area contributed by atoms with E-state index in [0.29, 0.717) is 12.1 Å². The molecule has 2 nitrogen and oxygen atoms in total. The Labute approximate surface area is 97.6 Å². The molecule has 0 aromatic heterocycles. The van der Waals surface area contributed by atoms with E-state index >= 15 is 0 Å². The molecule has 0 fully saturated rings. The zero-order valence-corrected chi connectivity index (χ0v) is 8.69. The Morgan fingerprint density at radius 2 is 1.56 bits per heavy atom. The van der Waals surface area contributed by atoms with Crippen LogP contribution in [0, 0.1) is 0 Å². The van der Waals surface area contributed by atoms with E-state index in [1.807, 2.05) is 0 Å². The Morgan fingerprint density at radius 1 is 1.00 bits per heavy atom. The zero-order valence-electron chi connectivity index (χ0n) is 8.69. The molecule has 0 aliphatic carbocycles. The van der Waals surface area contributed by atoms with Crippen LogP contribution < -0.4 is 5.32 Å². The molecule has 0 bridgehead atoms. The van der Waals surface area contributed by atoms with E-state index in [0.717, 1.165) is 6.07 Å². The number of benzene rings is 1. The molecular formula is C10H7F6NO. The minimum Gasteiger partial charge on any atom is -0.355 e. The minimum absolute atomic E-state index is 0.0672. The lowest BCUT2D eigenvalue weighted by atomic mass is 10.0. The van der Waals surface area contributed by atoms with Gasteiger partial charge in [0.05, 0.1) is 11.1 Å². The molecule has 0 heterocycles. The predicted molar refractivity (Wildman–Crippen MR) is 49.3 cm³/mol. The smallest absolute Gasteiger partial charge is 0.355 e. The molecule has 0 saturated carbocycles. The van der Waals surface area contributed by atoms with Crippen LogP contribution in [0.25, 0.3) is 0 Å². The highest BCUT2D eigenvalue weighted by Gasteiger charge is 2.42. The quantitative estimate of drug-likeness (QED) is 0.664. The molecule has 1 aromatic carbocycles. The van der Waals surface area contributed by atoms with E-state index in [1.54, 1.807) is 0 Å². The molecule has 0 saturated heterocycles. The van der Waals surface area contributed by atoms with Gasteiger partial charge in [0, 0.05) is 6.54 Å². The molecule has 0 aliphatic heterocycles. The monoisotopic (exact) mass is 271 g/mol. The largest absolute Gasteiger partial charge is 0.417 e. The second-order valence-corrected chi connectivity index (χ2v) is 3.37. The first-order valence-corrected chi connectivity index (χ1v) is 4.60. The molecule has 0 aliphatic rings. The highest BCUT2D eigenvalue weighted by Crippen LogP contribution is 2.40. The first kappa shape index (κ1) is 14.3. The third-order valence-corrected chi connectivity index (χ3v) is 2.08. The van der Waals surface area contributed by atoms with Crippen molar-refractivity contribution in [2.75, 3.05) is 0 Å². The van der Waals surface area contributed by atoms with Crippen LogP contribution in [-0.4, -0.2) is 6.41 Å². The average Bonchev–Trinajstić information content (AvgIpc) is 2.23. The van der Waals surface area contributed by atoms with Crippen LogP contribution in [0.15, 0.2) is 18.2 Å². The van der Waals surface area contributed by atoms with Crippen LogP contribution in [0.2, 0.25) is 0 Å². The van der Waals surface area contributed by atoms with Crippen LogP contribution in [-0.2, 0) is 23.7 Å². The third kappa shape index (κ3) is 3.38. The Morgan fingerprint density at radius 3 is 2.00 bits per heavy atom.